The predicted octanol–water partition coefficient (Wildman–Crippen LogP) is 4.27. The Hall–Kier alpha value is -1.90. The van der Waals surface area contributed by atoms with Gasteiger partial charge in [-0.25, -0.2) is 9.97 Å². The van der Waals surface area contributed by atoms with E-state index in [0.29, 0.717) is 5.41 Å². The van der Waals surface area contributed by atoms with Gasteiger partial charge in [0, 0.05) is 17.6 Å². The molecule has 1 spiro atoms. The molecule has 0 aliphatic heterocycles. The zero-order valence-electron chi connectivity index (χ0n) is 12.3. The monoisotopic (exact) mass is 279 g/mol. The predicted molar refractivity (Wildman–Crippen MR) is 84.7 cm³/mol. The van der Waals surface area contributed by atoms with Crippen molar-refractivity contribution in [2.75, 3.05) is 5.32 Å². The molecule has 0 unspecified atom stereocenters. The van der Waals surface area contributed by atoms with Crippen LogP contribution >= 0.6 is 0 Å². The van der Waals surface area contributed by atoms with E-state index in [0.717, 1.165) is 18.1 Å². The Balaban J connectivity index is 1.55. The summed E-state index contributed by atoms with van der Waals surface area (Å²) in [6.07, 6.45) is 11.3. The Morgan fingerprint density at radius 2 is 1.81 bits per heavy atom. The SMILES string of the molecule is c1ccc(Nc2ncc3c(n2)CCC2(CCCC2)C3)cc1. The third-order valence-corrected chi connectivity index (χ3v) is 5.11. The van der Waals surface area contributed by atoms with Crippen LogP contribution in [0.3, 0.4) is 0 Å². The quantitative estimate of drug-likeness (QED) is 0.892. The van der Waals surface area contributed by atoms with E-state index in [-0.39, 0.29) is 0 Å². The highest BCUT2D eigenvalue weighted by molar-refractivity contribution is 5.53. The number of aromatic nitrogens is 2. The topological polar surface area (TPSA) is 37.8 Å². The summed E-state index contributed by atoms with van der Waals surface area (Å²) in [5, 5.41) is 3.29. The van der Waals surface area contributed by atoms with E-state index in [1.54, 1.807) is 0 Å². The van der Waals surface area contributed by atoms with Crippen molar-refractivity contribution in [1.29, 1.82) is 0 Å². The maximum absolute atomic E-state index is 4.74. The molecular formula is C18H21N3. The first kappa shape index (κ1) is 12.8. The van der Waals surface area contributed by atoms with Crippen LogP contribution in [0.25, 0.3) is 0 Å². The molecule has 1 aromatic carbocycles. The molecule has 21 heavy (non-hydrogen) atoms. The molecular weight excluding hydrogens is 258 g/mol. The van der Waals surface area contributed by atoms with Gasteiger partial charge in [0.15, 0.2) is 0 Å². The van der Waals surface area contributed by atoms with Gasteiger partial charge in [0.05, 0.1) is 0 Å². The second-order valence-corrected chi connectivity index (χ2v) is 6.54. The van der Waals surface area contributed by atoms with Crippen LogP contribution in [-0.2, 0) is 12.8 Å². The standard InChI is InChI=1S/C18H21N3/c1-2-6-15(7-3-1)20-17-19-13-14-12-18(9-4-5-10-18)11-8-16(14)21-17/h1-3,6-7,13H,4-5,8-12H2,(H,19,20,21). The molecule has 3 nitrogen and oxygen atoms in total. The first-order valence-electron chi connectivity index (χ1n) is 8.00. The summed E-state index contributed by atoms with van der Waals surface area (Å²) < 4.78 is 0. The van der Waals surface area contributed by atoms with Crippen molar-refractivity contribution in [3.05, 3.63) is 47.8 Å². The van der Waals surface area contributed by atoms with Gasteiger partial charge in [0.1, 0.15) is 0 Å². The van der Waals surface area contributed by atoms with Crippen molar-refractivity contribution in [2.45, 2.75) is 44.9 Å². The minimum absolute atomic E-state index is 0.574. The molecule has 1 fully saturated rings. The number of nitrogens with one attached hydrogen (secondary N) is 1. The summed E-state index contributed by atoms with van der Waals surface area (Å²) in [5.41, 5.74) is 4.24. The summed E-state index contributed by atoms with van der Waals surface area (Å²) in [5.74, 6) is 0.724. The molecule has 2 aliphatic carbocycles. The van der Waals surface area contributed by atoms with Gasteiger partial charge in [0.25, 0.3) is 0 Å². The number of fused-ring (bicyclic) bond motifs is 1. The Morgan fingerprint density at radius 1 is 1.00 bits per heavy atom. The molecule has 0 amide bonds. The second kappa shape index (κ2) is 5.14. The van der Waals surface area contributed by atoms with E-state index >= 15 is 0 Å². The van der Waals surface area contributed by atoms with E-state index in [9.17, 15) is 0 Å². The van der Waals surface area contributed by atoms with Crippen molar-refractivity contribution in [3.8, 4) is 0 Å². The Kier molecular flexibility index (Phi) is 3.13. The molecule has 3 heteroatoms. The van der Waals surface area contributed by atoms with Gasteiger partial charge in [-0.3, -0.25) is 0 Å². The summed E-state index contributed by atoms with van der Waals surface area (Å²) in [6, 6.07) is 10.1. The van der Waals surface area contributed by atoms with Gasteiger partial charge in [-0.05, 0) is 55.2 Å². The van der Waals surface area contributed by atoms with Crippen LogP contribution in [0, 0.1) is 5.41 Å². The average Bonchev–Trinajstić information content (AvgIpc) is 2.97. The third-order valence-electron chi connectivity index (χ3n) is 5.11. The fourth-order valence-corrected chi connectivity index (χ4v) is 3.94. The number of anilines is 2. The minimum atomic E-state index is 0.574. The van der Waals surface area contributed by atoms with Crippen molar-refractivity contribution < 1.29 is 0 Å². The normalized spacial score (nSPS) is 19.4. The van der Waals surface area contributed by atoms with E-state index in [2.05, 4.69) is 10.3 Å². The first-order chi connectivity index (χ1) is 10.3. The highest BCUT2D eigenvalue weighted by atomic mass is 15.1. The lowest BCUT2D eigenvalue weighted by atomic mass is 9.72. The number of rotatable bonds is 2. The zero-order valence-corrected chi connectivity index (χ0v) is 12.3. The molecule has 1 saturated carbocycles. The van der Waals surface area contributed by atoms with Gasteiger partial charge in [-0.15, -0.1) is 0 Å². The number of aryl methyl sites for hydroxylation is 1. The van der Waals surface area contributed by atoms with Crippen LogP contribution in [0.5, 0.6) is 0 Å². The number of hydrogen-bond acceptors (Lipinski definition) is 3. The van der Waals surface area contributed by atoms with Gasteiger partial charge in [-0.2, -0.15) is 0 Å². The fraction of sp³-hybridized carbons (Fsp3) is 0.444. The number of nitrogens with zero attached hydrogens (tertiary/aromatic N) is 2. The molecule has 0 bridgehead atoms. The molecule has 2 aromatic rings. The third kappa shape index (κ3) is 2.53. The molecule has 1 aromatic heterocycles. The van der Waals surface area contributed by atoms with Crippen LogP contribution in [0.4, 0.5) is 11.6 Å². The van der Waals surface area contributed by atoms with Crippen LogP contribution in [0.2, 0.25) is 0 Å². The average molecular weight is 279 g/mol. The van der Waals surface area contributed by atoms with Gasteiger partial charge < -0.3 is 5.32 Å². The van der Waals surface area contributed by atoms with Crippen LogP contribution < -0.4 is 5.32 Å². The molecule has 4 rings (SSSR count). The molecule has 108 valence electrons. The van der Waals surface area contributed by atoms with Gasteiger partial charge in [0.2, 0.25) is 5.95 Å². The lowest BCUT2D eigenvalue weighted by Crippen LogP contribution is -2.26. The molecule has 0 saturated heterocycles. The highest BCUT2D eigenvalue weighted by Crippen LogP contribution is 2.47. The molecule has 2 aliphatic rings. The zero-order chi connectivity index (χ0) is 14.1. The summed E-state index contributed by atoms with van der Waals surface area (Å²) in [7, 11) is 0. The Labute approximate surface area is 125 Å². The van der Waals surface area contributed by atoms with E-state index in [1.807, 2.05) is 36.5 Å². The largest absolute Gasteiger partial charge is 0.324 e. The van der Waals surface area contributed by atoms with E-state index in [1.165, 1.54) is 49.8 Å². The highest BCUT2D eigenvalue weighted by Gasteiger charge is 2.37. The lowest BCUT2D eigenvalue weighted by molar-refractivity contribution is 0.252. The summed E-state index contributed by atoms with van der Waals surface area (Å²) in [6.45, 7) is 0. The molecule has 0 radical (unpaired) electrons. The maximum atomic E-state index is 4.74. The smallest absolute Gasteiger partial charge is 0.227 e. The van der Waals surface area contributed by atoms with Gasteiger partial charge in [-0.1, -0.05) is 31.0 Å². The number of para-hydroxylation sites is 1. The van der Waals surface area contributed by atoms with Crippen LogP contribution in [0.15, 0.2) is 36.5 Å². The van der Waals surface area contributed by atoms with Crippen molar-refractivity contribution in [2.24, 2.45) is 5.41 Å². The maximum Gasteiger partial charge on any atom is 0.227 e. The van der Waals surface area contributed by atoms with Crippen LogP contribution in [-0.4, -0.2) is 9.97 Å². The Morgan fingerprint density at radius 3 is 2.62 bits per heavy atom. The fourth-order valence-electron chi connectivity index (χ4n) is 3.94. The second-order valence-electron chi connectivity index (χ2n) is 6.54. The number of benzene rings is 1. The Bertz CT molecular complexity index is 630. The van der Waals surface area contributed by atoms with E-state index < -0.39 is 0 Å². The van der Waals surface area contributed by atoms with Gasteiger partial charge >= 0.3 is 0 Å². The number of hydrogen-bond donors (Lipinski definition) is 1. The first-order valence-corrected chi connectivity index (χ1v) is 8.00. The lowest BCUT2D eigenvalue weighted by Gasteiger charge is -2.34. The summed E-state index contributed by atoms with van der Waals surface area (Å²) >= 11 is 0. The van der Waals surface area contributed by atoms with Crippen molar-refractivity contribution in [3.63, 3.8) is 0 Å². The minimum Gasteiger partial charge on any atom is -0.324 e. The molecule has 1 N–H and O–H groups in total. The molecule has 0 atom stereocenters. The van der Waals surface area contributed by atoms with Crippen LogP contribution in [0.1, 0.15) is 43.4 Å². The van der Waals surface area contributed by atoms with E-state index in [4.69, 9.17) is 4.98 Å². The van der Waals surface area contributed by atoms with Crippen molar-refractivity contribution >= 4 is 11.6 Å². The molecule has 1 heterocycles. The van der Waals surface area contributed by atoms with Crippen molar-refractivity contribution in [1.82, 2.24) is 9.97 Å². The summed E-state index contributed by atoms with van der Waals surface area (Å²) in [4.78, 5) is 9.26.